The number of hydrogen-bond donors (Lipinski definition) is 1. The molecule has 0 radical (unpaired) electrons. The van der Waals surface area contributed by atoms with Crippen molar-refractivity contribution in [2.45, 2.75) is 19.9 Å². The van der Waals surface area contributed by atoms with Crippen molar-refractivity contribution in [2.24, 2.45) is 5.10 Å². The molecule has 1 aromatic carbocycles. The lowest BCUT2D eigenvalue weighted by Gasteiger charge is -2.03. The van der Waals surface area contributed by atoms with Crippen LogP contribution in [-0.4, -0.2) is 28.8 Å². The number of thiophene rings is 1. The molecule has 0 saturated heterocycles. The van der Waals surface area contributed by atoms with Gasteiger partial charge in [0.2, 0.25) is 0 Å². The van der Waals surface area contributed by atoms with Crippen LogP contribution in [0.2, 0.25) is 0 Å². The van der Waals surface area contributed by atoms with Gasteiger partial charge in [-0.05, 0) is 42.3 Å². The summed E-state index contributed by atoms with van der Waals surface area (Å²) in [5.41, 5.74) is 3.01. The number of nitrogens with zero attached hydrogens (tertiary/aromatic N) is 3. The van der Waals surface area contributed by atoms with Crippen LogP contribution in [0.1, 0.15) is 17.4 Å². The Hall–Kier alpha value is -3.00. The molecule has 0 aliphatic heterocycles. The van der Waals surface area contributed by atoms with E-state index in [4.69, 9.17) is 4.74 Å². The summed E-state index contributed by atoms with van der Waals surface area (Å²) in [7, 11) is 1.59. The van der Waals surface area contributed by atoms with Crippen molar-refractivity contribution < 1.29 is 9.53 Å². The maximum Gasteiger partial charge on any atom is 0.262 e. The highest BCUT2D eigenvalue weighted by Crippen LogP contribution is 2.20. The van der Waals surface area contributed by atoms with Gasteiger partial charge in [0.15, 0.2) is 0 Å². The molecule has 0 bridgehead atoms. The number of benzene rings is 1. The quantitative estimate of drug-likeness (QED) is 0.532. The lowest BCUT2D eigenvalue weighted by Crippen LogP contribution is -2.29. The fraction of sp³-hybridized carbons (Fsp3) is 0.222. The minimum atomic E-state index is -0.399. The van der Waals surface area contributed by atoms with Crippen molar-refractivity contribution >= 4 is 33.7 Å². The van der Waals surface area contributed by atoms with Gasteiger partial charge in [0.25, 0.3) is 11.5 Å². The Kier molecular flexibility index (Phi) is 5.43. The molecule has 134 valence electrons. The van der Waals surface area contributed by atoms with Crippen molar-refractivity contribution in [1.29, 1.82) is 0 Å². The minimum absolute atomic E-state index is 0.140. The van der Waals surface area contributed by atoms with Gasteiger partial charge in [0.1, 0.15) is 17.1 Å². The normalized spacial score (nSPS) is 11.2. The molecule has 0 spiro atoms. The Morgan fingerprint density at radius 1 is 1.38 bits per heavy atom. The number of aryl methyl sites for hydroxylation is 1. The van der Waals surface area contributed by atoms with Gasteiger partial charge in [-0.15, -0.1) is 11.3 Å². The van der Waals surface area contributed by atoms with E-state index >= 15 is 0 Å². The fourth-order valence-electron chi connectivity index (χ4n) is 2.36. The van der Waals surface area contributed by atoms with Crippen molar-refractivity contribution in [3.05, 3.63) is 57.5 Å². The summed E-state index contributed by atoms with van der Waals surface area (Å²) in [5.74, 6) is 0.345. The molecule has 26 heavy (non-hydrogen) atoms. The van der Waals surface area contributed by atoms with E-state index in [1.807, 2.05) is 25.1 Å². The molecule has 0 unspecified atom stereocenters. The van der Waals surface area contributed by atoms with E-state index in [1.54, 1.807) is 19.2 Å². The number of carbonyl (C=O) groups is 1. The number of methoxy groups -OCH3 is 1. The largest absolute Gasteiger partial charge is 0.497 e. The third kappa shape index (κ3) is 3.97. The van der Waals surface area contributed by atoms with E-state index in [2.05, 4.69) is 15.5 Å². The van der Waals surface area contributed by atoms with E-state index in [0.717, 1.165) is 22.6 Å². The molecule has 0 fully saturated rings. The van der Waals surface area contributed by atoms with Crippen LogP contribution in [0.5, 0.6) is 5.75 Å². The van der Waals surface area contributed by atoms with Crippen LogP contribution in [0, 0.1) is 0 Å². The Morgan fingerprint density at radius 3 is 2.85 bits per heavy atom. The smallest absolute Gasteiger partial charge is 0.262 e. The second-order valence-electron chi connectivity index (χ2n) is 5.53. The zero-order valence-corrected chi connectivity index (χ0v) is 15.2. The Balaban J connectivity index is 1.65. The number of nitrogens with one attached hydrogen (secondary N) is 1. The topological polar surface area (TPSA) is 85.6 Å². The number of ether oxygens (including phenoxy) is 1. The third-order valence-electron chi connectivity index (χ3n) is 3.75. The highest BCUT2D eigenvalue weighted by atomic mass is 32.1. The van der Waals surface area contributed by atoms with Crippen LogP contribution in [-0.2, 0) is 17.8 Å². The predicted molar refractivity (Wildman–Crippen MR) is 102 cm³/mol. The molecule has 0 saturated carbocycles. The molecule has 3 rings (SSSR count). The summed E-state index contributed by atoms with van der Waals surface area (Å²) in [6, 6.07) is 9.08. The zero-order chi connectivity index (χ0) is 18.5. The lowest BCUT2D eigenvalue weighted by molar-refractivity contribution is -0.121. The highest BCUT2D eigenvalue weighted by Gasteiger charge is 2.10. The van der Waals surface area contributed by atoms with E-state index < -0.39 is 5.91 Å². The van der Waals surface area contributed by atoms with Crippen LogP contribution < -0.4 is 15.7 Å². The first-order valence-corrected chi connectivity index (χ1v) is 8.86. The van der Waals surface area contributed by atoms with E-state index in [9.17, 15) is 9.59 Å². The number of rotatable bonds is 6. The molecule has 1 amide bonds. The maximum absolute atomic E-state index is 12.4. The second kappa shape index (κ2) is 7.92. The molecule has 7 nitrogen and oxygen atoms in total. The molecule has 3 aromatic rings. The van der Waals surface area contributed by atoms with Crippen molar-refractivity contribution in [3.63, 3.8) is 0 Å². The summed E-state index contributed by atoms with van der Waals surface area (Å²) in [6.07, 6.45) is 3.77. The number of carbonyl (C=O) groups excluding carboxylic acids is 1. The van der Waals surface area contributed by atoms with Crippen molar-refractivity contribution in [2.75, 3.05) is 7.11 Å². The standard InChI is InChI=1S/C18H18N4O3S/c1-3-14-8-15-17(26-14)19-11-22(18(15)24)10-16(23)21-20-9-12-4-6-13(25-2)7-5-12/h4-9,11H,3,10H2,1-2H3,(H,21,23)/b20-9-. The van der Waals surface area contributed by atoms with Crippen LogP contribution in [0.25, 0.3) is 10.2 Å². The number of amides is 1. The molecule has 2 aromatic heterocycles. The van der Waals surface area contributed by atoms with E-state index in [0.29, 0.717) is 10.2 Å². The van der Waals surface area contributed by atoms with Gasteiger partial charge < -0.3 is 4.74 Å². The first-order valence-electron chi connectivity index (χ1n) is 8.04. The maximum atomic E-state index is 12.4. The van der Waals surface area contributed by atoms with Gasteiger partial charge in [0, 0.05) is 4.88 Å². The van der Waals surface area contributed by atoms with E-state index in [1.165, 1.54) is 28.4 Å². The molecule has 8 heteroatoms. The summed E-state index contributed by atoms with van der Waals surface area (Å²) < 4.78 is 6.36. The monoisotopic (exact) mass is 370 g/mol. The summed E-state index contributed by atoms with van der Waals surface area (Å²) >= 11 is 1.50. The number of hydrazone groups is 1. The Morgan fingerprint density at radius 2 is 2.15 bits per heavy atom. The van der Waals surface area contributed by atoms with Gasteiger partial charge in [-0.2, -0.15) is 5.10 Å². The molecule has 0 aliphatic rings. The predicted octanol–water partition coefficient (Wildman–Crippen LogP) is 2.18. The molecule has 0 aliphatic carbocycles. The van der Waals surface area contributed by atoms with Gasteiger partial charge >= 0.3 is 0 Å². The average molecular weight is 370 g/mol. The molecule has 2 heterocycles. The van der Waals surface area contributed by atoms with Crippen molar-refractivity contribution in [3.8, 4) is 5.75 Å². The summed E-state index contributed by atoms with van der Waals surface area (Å²) in [5, 5.41) is 4.45. The second-order valence-corrected chi connectivity index (χ2v) is 6.64. The first kappa shape index (κ1) is 17.8. The molecular formula is C18H18N4O3S. The number of fused-ring (bicyclic) bond motifs is 1. The number of aromatic nitrogens is 2. The average Bonchev–Trinajstić information content (AvgIpc) is 3.09. The van der Waals surface area contributed by atoms with Crippen molar-refractivity contribution in [1.82, 2.24) is 15.0 Å². The van der Waals surface area contributed by atoms with Gasteiger partial charge in [-0.3, -0.25) is 14.2 Å². The number of hydrogen-bond acceptors (Lipinski definition) is 6. The van der Waals surface area contributed by atoms with Gasteiger partial charge in [0.05, 0.1) is 25.0 Å². The molecule has 1 N–H and O–H groups in total. The lowest BCUT2D eigenvalue weighted by atomic mass is 10.2. The third-order valence-corrected chi connectivity index (χ3v) is 4.94. The SMILES string of the molecule is CCc1cc2c(=O)n(CC(=O)N/N=C\c3ccc(OC)cc3)cnc2s1. The summed E-state index contributed by atoms with van der Waals surface area (Å²) in [4.78, 5) is 30.5. The van der Waals surface area contributed by atoms with Crippen LogP contribution in [0.3, 0.4) is 0 Å². The Bertz CT molecular complexity index is 1010. The first-order chi connectivity index (χ1) is 12.6. The van der Waals surface area contributed by atoms with Gasteiger partial charge in [-0.1, -0.05) is 6.92 Å². The minimum Gasteiger partial charge on any atom is -0.497 e. The summed E-state index contributed by atoms with van der Waals surface area (Å²) in [6.45, 7) is 1.89. The zero-order valence-electron chi connectivity index (χ0n) is 14.4. The Labute approximate surface area is 154 Å². The molecular weight excluding hydrogens is 352 g/mol. The fourth-order valence-corrected chi connectivity index (χ4v) is 3.28. The highest BCUT2D eigenvalue weighted by molar-refractivity contribution is 7.18. The molecule has 0 atom stereocenters. The van der Waals surface area contributed by atoms with E-state index in [-0.39, 0.29) is 12.1 Å². The van der Waals surface area contributed by atoms with Crippen LogP contribution in [0.15, 0.2) is 46.6 Å². The van der Waals surface area contributed by atoms with Crippen LogP contribution in [0.4, 0.5) is 0 Å². The van der Waals surface area contributed by atoms with Crippen LogP contribution >= 0.6 is 11.3 Å². The van der Waals surface area contributed by atoms with Gasteiger partial charge in [-0.25, -0.2) is 10.4 Å².